The van der Waals surface area contributed by atoms with Gasteiger partial charge in [0.15, 0.2) is 6.10 Å². The maximum atomic E-state index is 14.7. The SMILES string of the molecule is Cc1c(C(OC(C)(C)C)C(=O)O)c2n3c(Cl)c(nc3c1CO)-c1cccc(c1)-c1cc(F)ccc1OC(C)CCCCOC1(C)CCN2CC1. The minimum absolute atomic E-state index is 0.0932. The third-order valence-electron chi connectivity index (χ3n) is 9.81. The average Bonchev–Trinajstić information content (AvgIpc) is 3.40. The van der Waals surface area contributed by atoms with Gasteiger partial charge in [-0.1, -0.05) is 29.8 Å². The van der Waals surface area contributed by atoms with E-state index in [2.05, 4.69) is 11.8 Å². The van der Waals surface area contributed by atoms with E-state index in [1.54, 1.807) is 17.4 Å². The molecular formula is C39H47ClFN3O6. The van der Waals surface area contributed by atoms with Crippen molar-refractivity contribution in [1.29, 1.82) is 0 Å². The van der Waals surface area contributed by atoms with Crippen LogP contribution in [0.4, 0.5) is 10.2 Å². The molecule has 6 bridgehead atoms. The molecule has 7 rings (SSSR count). The summed E-state index contributed by atoms with van der Waals surface area (Å²) in [6.45, 7) is 12.8. The average molecular weight is 708 g/mol. The number of benzene rings is 2. The smallest absolute Gasteiger partial charge is 0.337 e. The number of carbonyl (C=O) groups is 1. The Hall–Kier alpha value is -3.70. The number of piperidine rings is 1. The van der Waals surface area contributed by atoms with E-state index in [1.807, 2.05) is 52.0 Å². The van der Waals surface area contributed by atoms with Crippen molar-refractivity contribution in [3.05, 3.63) is 70.1 Å². The van der Waals surface area contributed by atoms with E-state index in [-0.39, 0.29) is 22.7 Å². The van der Waals surface area contributed by atoms with Crippen LogP contribution in [0.1, 0.15) is 89.5 Å². The molecule has 5 heterocycles. The summed E-state index contributed by atoms with van der Waals surface area (Å²) in [6.07, 6.45) is 2.57. The fraction of sp³-hybridized carbons (Fsp3) is 0.487. The van der Waals surface area contributed by atoms with Crippen LogP contribution in [0.2, 0.25) is 5.15 Å². The third-order valence-corrected chi connectivity index (χ3v) is 10.2. The van der Waals surface area contributed by atoms with Gasteiger partial charge in [-0.3, -0.25) is 4.40 Å². The van der Waals surface area contributed by atoms with Crippen molar-refractivity contribution in [2.24, 2.45) is 0 Å². The van der Waals surface area contributed by atoms with Gasteiger partial charge in [0.2, 0.25) is 0 Å². The van der Waals surface area contributed by atoms with Crippen molar-refractivity contribution < 1.29 is 33.6 Å². The van der Waals surface area contributed by atoms with Gasteiger partial charge in [-0.25, -0.2) is 14.2 Å². The van der Waals surface area contributed by atoms with Crippen LogP contribution in [0, 0.1) is 12.7 Å². The number of rotatable bonds is 4. The quantitative estimate of drug-likeness (QED) is 0.218. The summed E-state index contributed by atoms with van der Waals surface area (Å²) in [6, 6.07) is 12.1. The van der Waals surface area contributed by atoms with Gasteiger partial charge in [0.05, 0.1) is 23.9 Å². The van der Waals surface area contributed by atoms with Gasteiger partial charge in [0.25, 0.3) is 0 Å². The normalized spacial score (nSPS) is 20.8. The molecule has 11 heteroatoms. The summed E-state index contributed by atoms with van der Waals surface area (Å²) in [5, 5.41) is 21.7. The van der Waals surface area contributed by atoms with Crippen molar-refractivity contribution in [1.82, 2.24) is 9.38 Å². The first-order valence-electron chi connectivity index (χ1n) is 17.4. The van der Waals surface area contributed by atoms with Crippen LogP contribution < -0.4 is 9.64 Å². The standard InChI is InChI=1S/C39H47ClFN3O6/c1-23-10-7-8-19-48-39(6)15-17-43(18-16-39)36-31(33(37(46)47)50-38(3,4)5)24(2)29(22-45)35-42-32(34(40)44(35)36)26-12-9-11-25(20-26)28-21-27(41)13-14-30(28)49-23/h9,11-14,20-21,23,33,45H,7-8,10,15-19,22H2,1-6H3,(H,46,47). The highest BCUT2D eigenvalue weighted by molar-refractivity contribution is 6.32. The minimum atomic E-state index is -1.35. The second kappa shape index (κ2) is 14.1. The summed E-state index contributed by atoms with van der Waals surface area (Å²) < 4.78 is 35.6. The summed E-state index contributed by atoms with van der Waals surface area (Å²) in [4.78, 5) is 20.2. The Kier molecular flexibility index (Phi) is 10.2. The molecule has 2 N–H and O–H groups in total. The second-order valence-corrected chi connectivity index (χ2v) is 15.1. The van der Waals surface area contributed by atoms with Gasteiger partial charge >= 0.3 is 5.97 Å². The maximum Gasteiger partial charge on any atom is 0.337 e. The molecule has 50 heavy (non-hydrogen) atoms. The number of pyridine rings is 1. The molecule has 0 spiro atoms. The predicted molar refractivity (Wildman–Crippen MR) is 193 cm³/mol. The van der Waals surface area contributed by atoms with E-state index in [1.165, 1.54) is 12.1 Å². The van der Waals surface area contributed by atoms with Gasteiger partial charge in [-0.05, 0) is 109 Å². The van der Waals surface area contributed by atoms with Crippen molar-refractivity contribution >= 4 is 29.0 Å². The topological polar surface area (TPSA) is 106 Å². The Morgan fingerprint density at radius 1 is 1.16 bits per heavy atom. The first-order valence-corrected chi connectivity index (χ1v) is 17.8. The van der Waals surface area contributed by atoms with Crippen molar-refractivity contribution in [2.45, 2.75) is 104 Å². The first kappa shape index (κ1) is 36.1. The molecule has 4 aromatic rings. The fourth-order valence-electron chi connectivity index (χ4n) is 7.13. The van der Waals surface area contributed by atoms with Crippen LogP contribution in [0.3, 0.4) is 0 Å². The summed E-state index contributed by atoms with van der Waals surface area (Å²) in [5.41, 5.74) is 3.16. The van der Waals surface area contributed by atoms with E-state index in [0.29, 0.717) is 83.3 Å². The Morgan fingerprint density at radius 2 is 1.88 bits per heavy atom. The molecular weight excluding hydrogens is 661 g/mol. The molecule has 9 nitrogen and oxygen atoms in total. The minimum Gasteiger partial charge on any atom is -0.490 e. The van der Waals surface area contributed by atoms with Crippen molar-refractivity contribution in [3.8, 4) is 28.1 Å². The number of carboxylic acid groups (broad SMARTS) is 1. The van der Waals surface area contributed by atoms with E-state index in [0.717, 1.165) is 24.8 Å². The molecule has 0 saturated carbocycles. The monoisotopic (exact) mass is 707 g/mol. The Morgan fingerprint density at radius 3 is 2.56 bits per heavy atom. The number of hydrogen-bond acceptors (Lipinski definition) is 7. The number of halogens is 2. The van der Waals surface area contributed by atoms with Crippen LogP contribution >= 0.6 is 11.6 Å². The zero-order valence-corrected chi connectivity index (χ0v) is 30.4. The number of fused-ring (bicyclic) bond motifs is 8. The fourth-order valence-corrected chi connectivity index (χ4v) is 7.44. The largest absolute Gasteiger partial charge is 0.490 e. The highest BCUT2D eigenvalue weighted by Crippen LogP contribution is 2.44. The Bertz CT molecular complexity index is 1900. The lowest BCUT2D eigenvalue weighted by Crippen LogP contribution is -2.45. The highest BCUT2D eigenvalue weighted by Gasteiger charge is 2.39. The number of aliphatic hydroxyl groups excluding tert-OH is 1. The number of imidazole rings is 1. The number of aromatic nitrogens is 2. The number of ether oxygens (including phenoxy) is 3. The number of aliphatic hydroxyl groups is 1. The molecule has 1 saturated heterocycles. The van der Waals surface area contributed by atoms with Crippen LogP contribution in [0.5, 0.6) is 5.75 Å². The van der Waals surface area contributed by atoms with Gasteiger partial charge in [-0.2, -0.15) is 0 Å². The van der Waals surface area contributed by atoms with Crippen molar-refractivity contribution in [2.75, 3.05) is 24.6 Å². The molecule has 1 fully saturated rings. The van der Waals surface area contributed by atoms with Gasteiger partial charge < -0.3 is 29.3 Å². The Labute approximate surface area is 297 Å². The molecule has 0 aliphatic carbocycles. The zero-order chi connectivity index (χ0) is 36.0. The van der Waals surface area contributed by atoms with Gasteiger partial charge in [0.1, 0.15) is 33.9 Å². The van der Waals surface area contributed by atoms with E-state index >= 15 is 0 Å². The van der Waals surface area contributed by atoms with Gasteiger partial charge in [-0.15, -0.1) is 0 Å². The van der Waals surface area contributed by atoms with Crippen LogP contribution in [0.25, 0.3) is 28.0 Å². The molecule has 2 aromatic carbocycles. The number of carboxylic acids is 1. The zero-order valence-electron chi connectivity index (χ0n) is 29.7. The van der Waals surface area contributed by atoms with Crippen LogP contribution in [-0.4, -0.2) is 62.6 Å². The van der Waals surface area contributed by atoms with Crippen LogP contribution in [0.15, 0.2) is 42.5 Å². The molecule has 0 amide bonds. The lowest BCUT2D eigenvalue weighted by molar-refractivity contribution is -0.160. The lowest BCUT2D eigenvalue weighted by Gasteiger charge is -2.42. The van der Waals surface area contributed by atoms with E-state index < -0.39 is 24.3 Å². The predicted octanol–water partition coefficient (Wildman–Crippen LogP) is 8.53. The van der Waals surface area contributed by atoms with E-state index in [4.69, 9.17) is 30.8 Å². The number of aliphatic carboxylic acids is 1. The Balaban J connectivity index is 1.62. The van der Waals surface area contributed by atoms with Crippen LogP contribution in [-0.2, 0) is 20.9 Å². The molecule has 2 unspecified atom stereocenters. The summed E-state index contributed by atoms with van der Waals surface area (Å²) in [7, 11) is 0. The molecule has 3 aliphatic rings. The molecule has 2 atom stereocenters. The number of hydrogen-bond donors (Lipinski definition) is 2. The van der Waals surface area contributed by atoms with E-state index in [9.17, 15) is 19.4 Å². The maximum absolute atomic E-state index is 14.7. The summed E-state index contributed by atoms with van der Waals surface area (Å²) in [5.74, 6) is -0.390. The van der Waals surface area contributed by atoms with Crippen molar-refractivity contribution in [3.63, 3.8) is 0 Å². The third kappa shape index (κ3) is 7.21. The molecule has 3 aliphatic heterocycles. The number of anilines is 1. The van der Waals surface area contributed by atoms with Gasteiger partial charge in [0, 0.05) is 42.0 Å². The summed E-state index contributed by atoms with van der Waals surface area (Å²) >= 11 is 7.34. The molecule has 0 radical (unpaired) electrons. The first-order chi connectivity index (χ1) is 23.7. The molecule has 2 aromatic heterocycles. The lowest BCUT2D eigenvalue weighted by atomic mass is 9.91. The highest BCUT2D eigenvalue weighted by atomic mass is 35.5. The number of nitrogens with zero attached hydrogens (tertiary/aromatic N) is 3. The molecule has 268 valence electrons. The second-order valence-electron chi connectivity index (χ2n) is 14.8.